The smallest absolute Gasteiger partial charge is 0.407 e. The molecule has 4 heteroatoms. The van der Waals surface area contributed by atoms with E-state index >= 15 is 0 Å². The average Bonchev–Trinajstić information content (AvgIpc) is 2.33. The molecular formula is C16H29NO3. The highest BCUT2D eigenvalue weighted by atomic mass is 16.6. The van der Waals surface area contributed by atoms with Crippen LogP contribution in [-0.2, 0) is 9.47 Å². The molecule has 0 saturated carbocycles. The van der Waals surface area contributed by atoms with Crippen molar-refractivity contribution in [1.82, 2.24) is 5.32 Å². The summed E-state index contributed by atoms with van der Waals surface area (Å²) in [6.45, 7) is 15.8. The first-order valence-corrected chi connectivity index (χ1v) is 6.64. The topological polar surface area (TPSA) is 47.6 Å². The Labute approximate surface area is 123 Å². The Kier molecular flexibility index (Phi) is 13.0. The number of nitrogens with one attached hydrogen (secondary N) is 1. The molecule has 0 aliphatic carbocycles. The summed E-state index contributed by atoms with van der Waals surface area (Å²) in [5, 5.41) is 2.63. The molecule has 4 nitrogen and oxygen atoms in total. The second kappa shape index (κ2) is 12.5. The van der Waals surface area contributed by atoms with E-state index in [0.717, 1.165) is 12.0 Å². The number of alkyl carbamates (subject to hydrolysis) is 1. The maximum atomic E-state index is 11.0. The highest BCUT2D eigenvalue weighted by molar-refractivity contribution is 5.67. The van der Waals surface area contributed by atoms with Gasteiger partial charge in [-0.1, -0.05) is 37.0 Å². The van der Waals surface area contributed by atoms with Crippen molar-refractivity contribution in [2.45, 2.75) is 39.7 Å². The number of ether oxygens (including phenoxy) is 2. The monoisotopic (exact) mass is 283 g/mol. The summed E-state index contributed by atoms with van der Waals surface area (Å²) in [5.74, 6) is 0. The third kappa shape index (κ3) is 18.8. The summed E-state index contributed by atoms with van der Waals surface area (Å²) in [6, 6.07) is 0. The van der Waals surface area contributed by atoms with Crippen molar-refractivity contribution in [2.24, 2.45) is 0 Å². The fraction of sp³-hybridized carbons (Fsp3) is 0.562. The molecule has 0 saturated heterocycles. The van der Waals surface area contributed by atoms with E-state index < -0.39 is 5.60 Å². The molecule has 0 unspecified atom stereocenters. The van der Waals surface area contributed by atoms with Crippen LogP contribution < -0.4 is 5.32 Å². The molecule has 0 radical (unpaired) electrons. The van der Waals surface area contributed by atoms with Crippen molar-refractivity contribution in [3.8, 4) is 0 Å². The normalized spacial score (nSPS) is 10.9. The number of amides is 1. The van der Waals surface area contributed by atoms with Crippen LogP contribution in [0.2, 0.25) is 0 Å². The van der Waals surface area contributed by atoms with Crippen molar-refractivity contribution < 1.29 is 14.3 Å². The molecule has 1 N–H and O–H groups in total. The Morgan fingerprint density at radius 1 is 1.30 bits per heavy atom. The van der Waals surface area contributed by atoms with Crippen LogP contribution >= 0.6 is 0 Å². The number of carbonyl (C=O) groups excluding carboxylic acids is 1. The van der Waals surface area contributed by atoms with Gasteiger partial charge in [0.2, 0.25) is 0 Å². The molecule has 0 bridgehead atoms. The first-order chi connectivity index (χ1) is 9.26. The van der Waals surface area contributed by atoms with Gasteiger partial charge in [0.1, 0.15) is 5.60 Å². The van der Waals surface area contributed by atoms with Crippen molar-refractivity contribution in [3.63, 3.8) is 0 Å². The van der Waals surface area contributed by atoms with Gasteiger partial charge in [-0.25, -0.2) is 4.79 Å². The summed E-state index contributed by atoms with van der Waals surface area (Å²) in [5.41, 5.74) is 0.723. The van der Waals surface area contributed by atoms with Crippen LogP contribution in [0.3, 0.4) is 0 Å². The lowest BCUT2D eigenvalue weighted by molar-refractivity contribution is 0.0523. The third-order valence-electron chi connectivity index (χ3n) is 1.90. The summed E-state index contributed by atoms with van der Waals surface area (Å²) in [6.07, 6.45) is 5.88. The molecule has 0 heterocycles. The van der Waals surface area contributed by atoms with E-state index in [1.165, 1.54) is 0 Å². The molecule has 0 spiro atoms. The zero-order chi connectivity index (χ0) is 16.0. The fourth-order valence-electron chi connectivity index (χ4n) is 0.975. The lowest BCUT2D eigenvalue weighted by atomic mass is 10.2. The SMILES string of the molecule is C=C/C=C(/C)C=C.COCCCNC(=O)OC(C)(C)C. The zero-order valence-corrected chi connectivity index (χ0v) is 13.5. The van der Waals surface area contributed by atoms with Gasteiger partial charge < -0.3 is 14.8 Å². The van der Waals surface area contributed by atoms with Gasteiger partial charge in [-0.3, -0.25) is 0 Å². The minimum absolute atomic E-state index is 0.372. The van der Waals surface area contributed by atoms with Crippen LogP contribution in [0.25, 0.3) is 0 Å². The molecule has 116 valence electrons. The van der Waals surface area contributed by atoms with Gasteiger partial charge >= 0.3 is 6.09 Å². The molecule has 20 heavy (non-hydrogen) atoms. The molecule has 0 atom stereocenters. The van der Waals surface area contributed by atoms with Gasteiger partial charge in [-0.15, -0.1) is 0 Å². The lowest BCUT2D eigenvalue weighted by Gasteiger charge is -2.19. The highest BCUT2D eigenvalue weighted by Gasteiger charge is 2.15. The second-order valence-corrected chi connectivity index (χ2v) is 5.13. The van der Waals surface area contributed by atoms with Crippen molar-refractivity contribution in [2.75, 3.05) is 20.3 Å². The maximum Gasteiger partial charge on any atom is 0.407 e. The van der Waals surface area contributed by atoms with Gasteiger partial charge in [0.05, 0.1) is 0 Å². The van der Waals surface area contributed by atoms with Crippen LogP contribution in [0, 0.1) is 0 Å². The van der Waals surface area contributed by atoms with Crippen molar-refractivity contribution >= 4 is 6.09 Å². The van der Waals surface area contributed by atoms with E-state index in [1.54, 1.807) is 19.3 Å². The fourth-order valence-corrected chi connectivity index (χ4v) is 0.975. The molecule has 0 aromatic heterocycles. The number of carbonyl (C=O) groups is 1. The average molecular weight is 283 g/mol. The zero-order valence-electron chi connectivity index (χ0n) is 13.5. The summed E-state index contributed by atoms with van der Waals surface area (Å²) < 4.78 is 9.86. The van der Waals surface area contributed by atoms with Crippen LogP contribution in [0.1, 0.15) is 34.1 Å². The second-order valence-electron chi connectivity index (χ2n) is 5.13. The summed E-state index contributed by atoms with van der Waals surface area (Å²) in [4.78, 5) is 11.0. The Morgan fingerprint density at radius 2 is 1.90 bits per heavy atom. The minimum atomic E-state index is -0.425. The van der Waals surface area contributed by atoms with Crippen LogP contribution in [0.4, 0.5) is 4.79 Å². The standard InChI is InChI=1S/C9H19NO3.C7H10/c1-9(2,3)13-8(11)10-6-5-7-12-4;1-4-6-7(3)5-2/h5-7H2,1-4H3,(H,10,11);4-6H,1-2H2,3H3/b;7-6-. The van der Waals surface area contributed by atoms with Crippen LogP contribution in [0.5, 0.6) is 0 Å². The Bertz CT molecular complexity index is 314. The predicted octanol–water partition coefficient (Wildman–Crippen LogP) is 3.85. The van der Waals surface area contributed by atoms with Crippen LogP contribution in [-0.4, -0.2) is 32.0 Å². The number of hydrogen-bond acceptors (Lipinski definition) is 3. The molecule has 0 rings (SSSR count). The number of rotatable bonds is 6. The van der Waals surface area contributed by atoms with E-state index in [4.69, 9.17) is 9.47 Å². The highest BCUT2D eigenvalue weighted by Crippen LogP contribution is 2.06. The Morgan fingerprint density at radius 3 is 2.25 bits per heavy atom. The van der Waals surface area contributed by atoms with Gasteiger partial charge in [-0.2, -0.15) is 0 Å². The molecule has 0 fully saturated rings. The Hall–Kier alpha value is -1.55. The van der Waals surface area contributed by atoms with E-state index in [1.807, 2.05) is 33.8 Å². The molecule has 0 aromatic carbocycles. The third-order valence-corrected chi connectivity index (χ3v) is 1.90. The van der Waals surface area contributed by atoms with Crippen LogP contribution in [0.15, 0.2) is 37.0 Å². The number of hydrogen-bond donors (Lipinski definition) is 1. The lowest BCUT2D eigenvalue weighted by Crippen LogP contribution is -2.33. The molecule has 0 aromatic rings. The quantitative estimate of drug-likeness (QED) is 0.595. The van der Waals surface area contributed by atoms with Crippen molar-refractivity contribution in [1.29, 1.82) is 0 Å². The number of methoxy groups -OCH3 is 1. The molecule has 1 amide bonds. The van der Waals surface area contributed by atoms with Gasteiger partial charge in [0, 0.05) is 20.3 Å². The van der Waals surface area contributed by atoms with Gasteiger partial charge in [0.25, 0.3) is 0 Å². The van der Waals surface area contributed by atoms with E-state index in [0.29, 0.717) is 13.2 Å². The summed E-state index contributed by atoms with van der Waals surface area (Å²) in [7, 11) is 1.63. The Balaban J connectivity index is 0. The molecular weight excluding hydrogens is 254 g/mol. The first-order valence-electron chi connectivity index (χ1n) is 6.64. The van der Waals surface area contributed by atoms with E-state index in [-0.39, 0.29) is 6.09 Å². The largest absolute Gasteiger partial charge is 0.444 e. The summed E-state index contributed by atoms with van der Waals surface area (Å²) >= 11 is 0. The molecule has 0 aliphatic heterocycles. The van der Waals surface area contributed by atoms with E-state index in [2.05, 4.69) is 18.5 Å². The van der Waals surface area contributed by atoms with Crippen molar-refractivity contribution in [3.05, 3.63) is 37.0 Å². The first kappa shape index (κ1) is 20.8. The maximum absolute atomic E-state index is 11.0. The van der Waals surface area contributed by atoms with E-state index in [9.17, 15) is 4.79 Å². The molecule has 0 aliphatic rings. The predicted molar refractivity (Wildman–Crippen MR) is 84.9 cm³/mol. The van der Waals surface area contributed by atoms with Gasteiger partial charge in [0.15, 0.2) is 0 Å². The van der Waals surface area contributed by atoms with Gasteiger partial charge in [-0.05, 0) is 34.1 Å². The number of allylic oxidation sites excluding steroid dienone is 4. The minimum Gasteiger partial charge on any atom is -0.444 e.